The lowest BCUT2D eigenvalue weighted by molar-refractivity contribution is -0.143. The molecule has 0 spiro atoms. The van der Waals surface area contributed by atoms with Gasteiger partial charge in [0.2, 0.25) is 0 Å². The Morgan fingerprint density at radius 2 is 1.52 bits per heavy atom. The van der Waals surface area contributed by atoms with E-state index in [2.05, 4.69) is 0 Å². The van der Waals surface area contributed by atoms with Crippen LogP contribution in [-0.2, 0) is 22.4 Å². The molecule has 0 aliphatic heterocycles. The van der Waals surface area contributed by atoms with Crippen molar-refractivity contribution in [2.24, 2.45) is 0 Å². The second-order valence-electron chi connectivity index (χ2n) is 5.18. The Bertz CT molecular complexity index is 600. The maximum Gasteiger partial charge on any atom is 0.306 e. The predicted octanol–water partition coefficient (Wildman–Crippen LogP) is 3.42. The van der Waals surface area contributed by atoms with Gasteiger partial charge in [0.25, 0.3) is 0 Å². The summed E-state index contributed by atoms with van der Waals surface area (Å²) in [6, 6.07) is 15.6. The highest BCUT2D eigenvalue weighted by molar-refractivity contribution is 5.69. The van der Waals surface area contributed by atoms with E-state index in [1.54, 1.807) is 14.2 Å². The van der Waals surface area contributed by atoms with Crippen molar-refractivity contribution in [1.82, 2.24) is 0 Å². The summed E-state index contributed by atoms with van der Waals surface area (Å²) < 4.78 is 15.7. The van der Waals surface area contributed by atoms with Crippen molar-refractivity contribution < 1.29 is 19.0 Å². The van der Waals surface area contributed by atoms with Gasteiger partial charge in [0, 0.05) is 18.9 Å². The number of carbonyl (C=O) groups is 1. The van der Waals surface area contributed by atoms with Crippen molar-refractivity contribution in [3.05, 3.63) is 59.7 Å². The van der Waals surface area contributed by atoms with Gasteiger partial charge < -0.3 is 14.2 Å². The maximum absolute atomic E-state index is 11.8. The summed E-state index contributed by atoms with van der Waals surface area (Å²) in [5.74, 6) is 1.25. The van der Waals surface area contributed by atoms with Crippen molar-refractivity contribution in [2.75, 3.05) is 20.8 Å². The second-order valence-corrected chi connectivity index (χ2v) is 5.18. The molecule has 4 nitrogen and oxygen atoms in total. The summed E-state index contributed by atoms with van der Waals surface area (Å²) in [5, 5.41) is 0. The minimum absolute atomic E-state index is 0.192. The third-order valence-corrected chi connectivity index (χ3v) is 3.53. The summed E-state index contributed by atoms with van der Waals surface area (Å²) in [6.07, 6.45) is 1.67. The molecule has 4 heteroatoms. The van der Waals surface area contributed by atoms with Crippen LogP contribution in [0.2, 0.25) is 0 Å². The van der Waals surface area contributed by atoms with E-state index in [9.17, 15) is 4.79 Å². The van der Waals surface area contributed by atoms with Crippen molar-refractivity contribution >= 4 is 5.97 Å². The van der Waals surface area contributed by atoms with Crippen LogP contribution in [0.4, 0.5) is 0 Å². The number of esters is 1. The monoisotopic (exact) mass is 314 g/mol. The average Bonchev–Trinajstić information content (AvgIpc) is 2.60. The van der Waals surface area contributed by atoms with Gasteiger partial charge >= 0.3 is 5.97 Å². The first-order chi connectivity index (χ1) is 11.2. The minimum atomic E-state index is -0.192. The summed E-state index contributed by atoms with van der Waals surface area (Å²) >= 11 is 0. The van der Waals surface area contributed by atoms with E-state index < -0.39 is 0 Å². The lowest BCUT2D eigenvalue weighted by atomic mass is 10.1. The Labute approximate surface area is 137 Å². The van der Waals surface area contributed by atoms with E-state index >= 15 is 0 Å². The van der Waals surface area contributed by atoms with Crippen LogP contribution in [0.1, 0.15) is 17.5 Å². The predicted molar refractivity (Wildman–Crippen MR) is 89.0 cm³/mol. The van der Waals surface area contributed by atoms with Gasteiger partial charge in [0.1, 0.15) is 11.5 Å². The molecule has 2 aromatic carbocycles. The molecular weight excluding hydrogens is 292 g/mol. The van der Waals surface area contributed by atoms with E-state index in [0.29, 0.717) is 19.4 Å². The number of benzene rings is 2. The highest BCUT2D eigenvalue weighted by atomic mass is 16.5. The Morgan fingerprint density at radius 1 is 0.870 bits per heavy atom. The lowest BCUT2D eigenvalue weighted by Crippen LogP contribution is -2.08. The molecule has 122 valence electrons. The molecule has 0 heterocycles. The fourth-order valence-corrected chi connectivity index (χ4v) is 2.26. The van der Waals surface area contributed by atoms with Crippen LogP contribution in [0.5, 0.6) is 11.5 Å². The third kappa shape index (κ3) is 5.66. The molecule has 0 N–H and O–H groups in total. The minimum Gasteiger partial charge on any atom is -0.497 e. The van der Waals surface area contributed by atoms with Crippen LogP contribution in [0, 0.1) is 0 Å². The fourth-order valence-electron chi connectivity index (χ4n) is 2.26. The molecule has 0 saturated carbocycles. The first-order valence-electron chi connectivity index (χ1n) is 7.63. The number of hydrogen-bond acceptors (Lipinski definition) is 4. The number of ether oxygens (including phenoxy) is 3. The van der Waals surface area contributed by atoms with E-state index in [1.165, 1.54) is 0 Å². The zero-order valence-electron chi connectivity index (χ0n) is 13.6. The van der Waals surface area contributed by atoms with Gasteiger partial charge in [0.05, 0.1) is 20.8 Å². The van der Waals surface area contributed by atoms with Crippen molar-refractivity contribution in [3.63, 3.8) is 0 Å². The molecule has 0 aliphatic rings. The summed E-state index contributed by atoms with van der Waals surface area (Å²) in [4.78, 5) is 11.8. The first kappa shape index (κ1) is 16.9. The summed E-state index contributed by atoms with van der Waals surface area (Å²) in [5.41, 5.74) is 2.15. The van der Waals surface area contributed by atoms with Crippen LogP contribution in [0.15, 0.2) is 48.5 Å². The zero-order chi connectivity index (χ0) is 16.5. The molecule has 2 rings (SSSR count). The van der Waals surface area contributed by atoms with Gasteiger partial charge in [-0.05, 0) is 29.7 Å². The van der Waals surface area contributed by atoms with Gasteiger partial charge in [-0.1, -0.05) is 30.3 Å². The van der Waals surface area contributed by atoms with Gasteiger partial charge in [-0.3, -0.25) is 4.79 Å². The van der Waals surface area contributed by atoms with Gasteiger partial charge in [-0.25, -0.2) is 0 Å². The smallest absolute Gasteiger partial charge is 0.306 e. The van der Waals surface area contributed by atoms with Crippen molar-refractivity contribution in [3.8, 4) is 11.5 Å². The molecular formula is C19H22O4. The van der Waals surface area contributed by atoms with Gasteiger partial charge in [-0.15, -0.1) is 0 Å². The number of rotatable bonds is 8. The van der Waals surface area contributed by atoms with Gasteiger partial charge in [0.15, 0.2) is 0 Å². The van der Waals surface area contributed by atoms with Crippen molar-refractivity contribution in [1.29, 1.82) is 0 Å². The summed E-state index contributed by atoms with van der Waals surface area (Å²) in [6.45, 7) is 0.407. The Morgan fingerprint density at radius 3 is 2.13 bits per heavy atom. The molecule has 0 saturated heterocycles. The first-order valence-corrected chi connectivity index (χ1v) is 7.63. The molecule has 0 aliphatic carbocycles. The fraction of sp³-hybridized carbons (Fsp3) is 0.316. The Hall–Kier alpha value is -2.49. The second kappa shape index (κ2) is 8.83. The molecule has 0 fully saturated rings. The van der Waals surface area contributed by atoms with Crippen LogP contribution in [0.25, 0.3) is 0 Å². The lowest BCUT2D eigenvalue weighted by Gasteiger charge is -2.09. The Kier molecular flexibility index (Phi) is 6.48. The van der Waals surface area contributed by atoms with Crippen LogP contribution < -0.4 is 9.47 Å². The normalized spacial score (nSPS) is 10.2. The maximum atomic E-state index is 11.8. The Balaban J connectivity index is 1.78. The quantitative estimate of drug-likeness (QED) is 0.700. The number of hydrogen-bond donors (Lipinski definition) is 0. The van der Waals surface area contributed by atoms with Crippen LogP contribution in [-0.4, -0.2) is 26.8 Å². The van der Waals surface area contributed by atoms with E-state index in [1.807, 2.05) is 48.5 Å². The molecule has 0 atom stereocenters. The molecule has 23 heavy (non-hydrogen) atoms. The molecule has 0 aromatic heterocycles. The molecule has 0 unspecified atom stereocenters. The van der Waals surface area contributed by atoms with Crippen molar-refractivity contribution in [2.45, 2.75) is 19.3 Å². The van der Waals surface area contributed by atoms with Crippen LogP contribution in [0.3, 0.4) is 0 Å². The molecule has 0 radical (unpaired) electrons. The number of aryl methyl sites for hydroxylation is 1. The van der Waals surface area contributed by atoms with Gasteiger partial charge in [-0.2, -0.15) is 0 Å². The van der Waals surface area contributed by atoms with E-state index in [4.69, 9.17) is 14.2 Å². The number of carbonyl (C=O) groups excluding carboxylic acids is 1. The van der Waals surface area contributed by atoms with E-state index in [0.717, 1.165) is 29.0 Å². The summed E-state index contributed by atoms with van der Waals surface area (Å²) in [7, 11) is 3.22. The molecule has 0 bridgehead atoms. The van der Waals surface area contributed by atoms with Crippen LogP contribution >= 0.6 is 0 Å². The molecule has 0 amide bonds. The van der Waals surface area contributed by atoms with E-state index in [-0.39, 0.29) is 5.97 Å². The largest absolute Gasteiger partial charge is 0.497 e. The third-order valence-electron chi connectivity index (χ3n) is 3.53. The highest BCUT2D eigenvalue weighted by Gasteiger charge is 2.07. The number of methoxy groups -OCH3 is 2. The SMILES string of the molecule is COc1cc(CCC(=O)OCCc2ccccc2)cc(OC)c1. The highest BCUT2D eigenvalue weighted by Crippen LogP contribution is 2.23. The average molecular weight is 314 g/mol. The molecule has 2 aromatic rings. The zero-order valence-corrected chi connectivity index (χ0v) is 13.6. The standard InChI is InChI=1S/C19H22O4/c1-21-17-12-16(13-18(14-17)22-2)8-9-19(20)23-11-10-15-6-4-3-5-7-15/h3-7,12-14H,8-11H2,1-2H3. The topological polar surface area (TPSA) is 44.8 Å².